The molecule has 4 N–H and O–H groups in total. The van der Waals surface area contributed by atoms with Crippen LogP contribution >= 0.6 is 11.8 Å². The predicted octanol–water partition coefficient (Wildman–Crippen LogP) is 4.22. The van der Waals surface area contributed by atoms with Gasteiger partial charge >= 0.3 is 5.97 Å². The van der Waals surface area contributed by atoms with Crippen molar-refractivity contribution in [3.63, 3.8) is 0 Å². The number of methoxy groups -OCH3 is 1. The number of ketones is 1. The third-order valence-electron chi connectivity index (χ3n) is 12.9. The number of phenolic OH excluding ortho intramolecular Hbond substituents is 1. The van der Waals surface area contributed by atoms with Crippen molar-refractivity contribution in [3.05, 3.63) is 75.0 Å². The lowest BCUT2D eigenvalue weighted by molar-refractivity contribution is -0.181. The van der Waals surface area contributed by atoms with E-state index in [1.54, 1.807) is 18.9 Å². The summed E-state index contributed by atoms with van der Waals surface area (Å²) in [5.41, 5.74) is 6.31. The van der Waals surface area contributed by atoms with Crippen molar-refractivity contribution < 1.29 is 43.5 Å². The number of H-pyrrole nitrogens is 1. The van der Waals surface area contributed by atoms with E-state index in [2.05, 4.69) is 32.2 Å². The molecule has 1 spiro atoms. The summed E-state index contributed by atoms with van der Waals surface area (Å²) in [6.07, 6.45) is 0.257. The first kappa shape index (κ1) is 35.1. The number of phenols is 1. The number of benzene rings is 3. The Bertz CT molecular complexity index is 2310. The Morgan fingerprint density at radius 2 is 1.91 bits per heavy atom. The fourth-order valence-corrected chi connectivity index (χ4v) is 12.3. The minimum absolute atomic E-state index is 0.0213. The Morgan fingerprint density at radius 3 is 2.71 bits per heavy atom. The first-order valence-electron chi connectivity index (χ1n) is 18.8. The fraction of sp³-hybridized carbons (Fsp3) is 0.463. The van der Waals surface area contributed by atoms with Crippen LogP contribution in [0.1, 0.15) is 68.9 Å². The van der Waals surface area contributed by atoms with E-state index in [1.807, 2.05) is 39.1 Å². The average Bonchev–Trinajstić information content (AvgIpc) is 3.80. The van der Waals surface area contributed by atoms with Crippen LogP contribution in [0.25, 0.3) is 10.9 Å². The van der Waals surface area contributed by atoms with Gasteiger partial charge in [0.25, 0.3) is 0 Å². The number of esters is 1. The summed E-state index contributed by atoms with van der Waals surface area (Å²) >= 11 is 1.58. The molecule has 4 aromatic rings. The number of hydrogen-bond donors (Lipinski definition) is 4. The molecule has 4 bridgehead atoms. The number of Topliss-reactive ketones (excluding diaryl/α,β-unsaturated/α-hetero) is 1. The largest absolute Gasteiger partial charge is 0.504 e. The highest BCUT2D eigenvalue weighted by molar-refractivity contribution is 7.99. The van der Waals surface area contributed by atoms with E-state index in [9.17, 15) is 19.8 Å². The van der Waals surface area contributed by atoms with Crippen molar-refractivity contribution in [2.24, 2.45) is 0 Å². The van der Waals surface area contributed by atoms with E-state index in [4.69, 9.17) is 23.7 Å². The summed E-state index contributed by atoms with van der Waals surface area (Å²) in [5, 5.41) is 28.9. The van der Waals surface area contributed by atoms with E-state index < -0.39 is 41.1 Å². The van der Waals surface area contributed by atoms with Crippen molar-refractivity contribution in [2.75, 3.05) is 46.5 Å². The highest BCUT2D eigenvalue weighted by Gasteiger charge is 2.61. The number of rotatable bonds is 2. The van der Waals surface area contributed by atoms with Crippen LogP contribution < -0.4 is 24.3 Å². The number of nitrogens with zero attached hydrogens (tertiary/aromatic N) is 2. The van der Waals surface area contributed by atoms with Crippen LogP contribution in [0, 0.1) is 13.8 Å². The van der Waals surface area contributed by atoms with Crippen LogP contribution in [-0.2, 0) is 32.7 Å². The second-order valence-electron chi connectivity index (χ2n) is 15.6. The lowest BCUT2D eigenvalue weighted by atomic mass is 9.73. The SMILES string of the molecule is COc1c(C)cc2c(c1O)[C@@H]1C3[C@@H]4SC[C@]5(NCCc6c5[nH]c5ccccc65)C(=O)COC[C@@H](c5c6c(c(C)c(OC(C)=O)c54)OCO6)N3[C@@H](O)[C@H](C2)N1C. The number of ether oxygens (including phenoxy) is 5. The molecule has 0 saturated carbocycles. The highest BCUT2D eigenvalue weighted by atomic mass is 32.2. The second kappa shape index (κ2) is 12.6. The zero-order valence-electron chi connectivity index (χ0n) is 31.4. The summed E-state index contributed by atoms with van der Waals surface area (Å²) in [7, 11) is 3.55. The Morgan fingerprint density at radius 1 is 1.11 bits per heavy atom. The summed E-state index contributed by atoms with van der Waals surface area (Å²) in [4.78, 5) is 35.7. The zero-order valence-corrected chi connectivity index (χ0v) is 32.2. The van der Waals surface area contributed by atoms with Gasteiger partial charge in [-0.15, -0.1) is 11.8 Å². The average molecular weight is 769 g/mol. The van der Waals surface area contributed by atoms with E-state index >= 15 is 0 Å². The normalized spacial score (nSPS) is 29.7. The van der Waals surface area contributed by atoms with Gasteiger partial charge in [-0.1, -0.05) is 24.3 Å². The summed E-state index contributed by atoms with van der Waals surface area (Å²) in [6.45, 7) is 5.57. The number of nitrogens with one attached hydrogen (secondary N) is 2. The number of aliphatic hydroxyl groups excluding tert-OH is 1. The molecule has 13 nitrogen and oxygen atoms in total. The summed E-state index contributed by atoms with van der Waals surface area (Å²) in [5.74, 6) is 1.55. The van der Waals surface area contributed by atoms with Gasteiger partial charge < -0.3 is 38.9 Å². The van der Waals surface area contributed by atoms with Crippen molar-refractivity contribution >= 4 is 34.4 Å². The molecule has 7 aliphatic heterocycles. The molecule has 0 amide bonds. The van der Waals surface area contributed by atoms with E-state index in [0.717, 1.165) is 50.8 Å². The monoisotopic (exact) mass is 768 g/mol. The predicted molar refractivity (Wildman–Crippen MR) is 203 cm³/mol. The van der Waals surface area contributed by atoms with Gasteiger partial charge in [0.1, 0.15) is 24.1 Å². The number of aryl methyl sites for hydroxylation is 1. The van der Waals surface area contributed by atoms with Crippen molar-refractivity contribution in [3.8, 4) is 28.7 Å². The summed E-state index contributed by atoms with van der Waals surface area (Å²) in [6, 6.07) is 8.22. The number of thioether (sulfide) groups is 1. The number of aliphatic hydroxyl groups is 1. The van der Waals surface area contributed by atoms with Gasteiger partial charge in [0, 0.05) is 64.1 Å². The van der Waals surface area contributed by atoms with Crippen LogP contribution in [0.2, 0.25) is 0 Å². The van der Waals surface area contributed by atoms with Gasteiger partial charge in [0.2, 0.25) is 6.79 Å². The molecule has 1 unspecified atom stereocenters. The molecule has 11 rings (SSSR count). The molecule has 3 aromatic carbocycles. The molecule has 2 fully saturated rings. The van der Waals surface area contributed by atoms with E-state index in [0.29, 0.717) is 47.1 Å². The molecule has 7 atom stereocenters. The molecule has 0 radical (unpaired) electrons. The third kappa shape index (κ3) is 4.78. The van der Waals surface area contributed by atoms with Crippen LogP contribution in [-0.4, -0.2) is 102 Å². The zero-order chi connectivity index (χ0) is 38.1. The standard InChI is InChI=1S/C41H44N4O9S/c1-18-12-21-13-25-40(49)45-26-14-51-15-27(47)41(39-23(10-11-42-41)22-8-6-7-9-24(22)43-39)16-55-38(32(45)31(44(25)4)28(21)33(48)34(18)50-5)30-29(26)37-36(52-17-53-37)19(2)35(30)54-20(3)46/h6-9,12,25-26,31-32,38,40,42-43,48-49H,10-11,13-17H2,1-5H3/t25-,26-,31+,32?,38+,40-,41-/m0/s1. The topological polar surface area (TPSA) is 155 Å². The maximum absolute atomic E-state index is 14.8. The van der Waals surface area contributed by atoms with Crippen molar-refractivity contribution in [2.45, 2.75) is 74.8 Å². The van der Waals surface area contributed by atoms with E-state index in [1.165, 1.54) is 6.92 Å². The van der Waals surface area contributed by atoms with Crippen LogP contribution in [0.3, 0.4) is 0 Å². The number of likely N-dealkylation sites (N-methyl/N-ethyl adjacent to an activating group) is 1. The maximum atomic E-state index is 14.8. The first-order chi connectivity index (χ1) is 26.6. The van der Waals surface area contributed by atoms with Crippen molar-refractivity contribution in [1.29, 1.82) is 0 Å². The number of hydrogen-bond acceptors (Lipinski definition) is 13. The molecule has 7 aliphatic rings. The van der Waals surface area contributed by atoms with Gasteiger partial charge in [0.15, 0.2) is 28.8 Å². The number of fused-ring (bicyclic) bond motifs is 12. The van der Waals surface area contributed by atoms with Crippen LogP contribution in [0.15, 0.2) is 30.3 Å². The number of para-hydroxylation sites is 1. The molecule has 1 aromatic heterocycles. The van der Waals surface area contributed by atoms with Gasteiger partial charge in [0.05, 0.1) is 37.1 Å². The minimum Gasteiger partial charge on any atom is -0.504 e. The minimum atomic E-state index is -1.15. The second-order valence-corrected chi connectivity index (χ2v) is 16.7. The Kier molecular flexibility index (Phi) is 8.05. The molecule has 2 saturated heterocycles. The Labute approximate surface area is 322 Å². The number of aromatic hydroxyl groups is 1. The molecule has 288 valence electrons. The van der Waals surface area contributed by atoms with Gasteiger partial charge in [-0.2, -0.15) is 0 Å². The molecule has 0 aliphatic carbocycles. The third-order valence-corrected chi connectivity index (χ3v) is 14.4. The lowest BCUT2D eigenvalue weighted by Crippen LogP contribution is -2.69. The molecule has 55 heavy (non-hydrogen) atoms. The fourth-order valence-electron chi connectivity index (χ4n) is 10.6. The number of carbonyl (C=O) groups is 2. The van der Waals surface area contributed by atoms with Gasteiger partial charge in [-0.3, -0.25) is 24.7 Å². The Hall–Kier alpha value is -4.31. The maximum Gasteiger partial charge on any atom is 0.308 e. The summed E-state index contributed by atoms with van der Waals surface area (Å²) < 4.78 is 30.8. The van der Waals surface area contributed by atoms with Crippen LogP contribution in [0.4, 0.5) is 0 Å². The smallest absolute Gasteiger partial charge is 0.308 e. The van der Waals surface area contributed by atoms with Crippen molar-refractivity contribution in [1.82, 2.24) is 20.1 Å². The lowest BCUT2D eigenvalue weighted by Gasteiger charge is -2.61. The van der Waals surface area contributed by atoms with Gasteiger partial charge in [-0.25, -0.2) is 0 Å². The molecular weight excluding hydrogens is 725 g/mol. The van der Waals surface area contributed by atoms with E-state index in [-0.39, 0.29) is 43.3 Å². The molecule has 14 heteroatoms. The Balaban J connectivity index is 1.25. The molecule has 8 heterocycles. The highest BCUT2D eigenvalue weighted by Crippen LogP contribution is 2.64. The van der Waals surface area contributed by atoms with Gasteiger partial charge in [-0.05, 0) is 56.5 Å². The first-order valence-corrected chi connectivity index (χ1v) is 19.9. The molecular formula is C41H44N4O9S. The number of aromatic nitrogens is 1. The number of piperazine rings is 1. The quantitative estimate of drug-likeness (QED) is 0.170. The van der Waals surface area contributed by atoms with Crippen LogP contribution in [0.5, 0.6) is 28.7 Å². The number of aromatic amines is 1. The number of carbonyl (C=O) groups excluding carboxylic acids is 2.